The van der Waals surface area contributed by atoms with Gasteiger partial charge in [-0.25, -0.2) is 0 Å². The minimum absolute atomic E-state index is 0.120. The molecule has 1 unspecified atom stereocenters. The van der Waals surface area contributed by atoms with Gasteiger partial charge in [-0.05, 0) is 30.7 Å². The maximum absolute atomic E-state index is 10.8. The van der Waals surface area contributed by atoms with Crippen molar-refractivity contribution in [2.75, 3.05) is 0 Å². The van der Waals surface area contributed by atoms with E-state index in [4.69, 9.17) is 9.47 Å². The van der Waals surface area contributed by atoms with Crippen molar-refractivity contribution < 1.29 is 19.4 Å². The molecule has 4 heteroatoms. The Morgan fingerprint density at radius 1 is 1.50 bits per heavy atom. The zero-order valence-corrected chi connectivity index (χ0v) is 9.06. The summed E-state index contributed by atoms with van der Waals surface area (Å²) in [6, 6.07) is 4.86. The van der Waals surface area contributed by atoms with E-state index in [9.17, 15) is 9.90 Å². The van der Waals surface area contributed by atoms with Crippen molar-refractivity contribution in [2.45, 2.75) is 20.1 Å². The first-order valence-electron chi connectivity index (χ1n) is 4.92. The Labute approximate surface area is 93.1 Å². The normalized spacial score (nSPS) is 18.1. The van der Waals surface area contributed by atoms with Gasteiger partial charge in [-0.2, -0.15) is 0 Å². The summed E-state index contributed by atoms with van der Waals surface area (Å²) in [4.78, 5) is 10.8. The maximum atomic E-state index is 10.8. The Hall–Kier alpha value is -1.97. The molecular weight excluding hydrogens is 208 g/mol. The quantitative estimate of drug-likeness (QED) is 0.736. The highest BCUT2D eigenvalue weighted by Gasteiger charge is 2.20. The predicted octanol–water partition coefficient (Wildman–Crippen LogP) is 2.08. The Morgan fingerprint density at radius 3 is 2.94 bits per heavy atom. The smallest absolute Gasteiger partial charge is 0.305 e. The largest absolute Gasteiger partial charge is 0.508 e. The summed E-state index contributed by atoms with van der Waals surface area (Å²) in [5.74, 6) is 0.235. The number of ether oxygens (including phenoxy) is 2. The Bertz CT molecular complexity index is 462. The number of carbonyl (C=O) groups is 1. The molecule has 1 aliphatic heterocycles. The van der Waals surface area contributed by atoms with Gasteiger partial charge in [0.05, 0.1) is 0 Å². The predicted molar refractivity (Wildman–Crippen MR) is 57.9 cm³/mol. The van der Waals surface area contributed by atoms with Crippen LogP contribution in [-0.2, 0) is 9.53 Å². The summed E-state index contributed by atoms with van der Waals surface area (Å²) >= 11 is 0. The van der Waals surface area contributed by atoms with E-state index in [0.29, 0.717) is 5.75 Å². The van der Waals surface area contributed by atoms with Crippen LogP contribution in [0.15, 0.2) is 24.3 Å². The SMILES string of the molecule is CC(=O)OC1C=C(C)c2ccc(O)cc2O1. The molecule has 2 rings (SSSR count). The fourth-order valence-corrected chi connectivity index (χ4v) is 1.61. The van der Waals surface area contributed by atoms with Gasteiger partial charge in [0.15, 0.2) is 0 Å². The first-order chi connectivity index (χ1) is 7.56. The average molecular weight is 220 g/mol. The molecule has 0 aliphatic carbocycles. The number of carbonyl (C=O) groups excluding carboxylic acids is 1. The first-order valence-corrected chi connectivity index (χ1v) is 4.92. The van der Waals surface area contributed by atoms with E-state index in [0.717, 1.165) is 11.1 Å². The summed E-state index contributed by atoms with van der Waals surface area (Å²) in [6.07, 6.45) is 1.01. The molecule has 0 saturated heterocycles. The van der Waals surface area contributed by atoms with Crippen LogP contribution < -0.4 is 4.74 Å². The van der Waals surface area contributed by atoms with Crippen molar-refractivity contribution >= 4 is 11.5 Å². The van der Waals surface area contributed by atoms with Gasteiger partial charge in [0, 0.05) is 18.6 Å². The number of fused-ring (bicyclic) bond motifs is 1. The highest BCUT2D eigenvalue weighted by molar-refractivity contribution is 5.73. The highest BCUT2D eigenvalue weighted by Crippen LogP contribution is 2.34. The summed E-state index contributed by atoms with van der Waals surface area (Å²) in [5.41, 5.74) is 1.84. The molecule has 1 aliphatic rings. The highest BCUT2D eigenvalue weighted by atomic mass is 16.7. The number of benzene rings is 1. The molecule has 84 valence electrons. The number of hydrogen-bond donors (Lipinski definition) is 1. The number of esters is 1. The third-order valence-corrected chi connectivity index (χ3v) is 2.30. The van der Waals surface area contributed by atoms with Crippen molar-refractivity contribution in [3.05, 3.63) is 29.8 Å². The molecule has 0 bridgehead atoms. The molecule has 4 nitrogen and oxygen atoms in total. The van der Waals surface area contributed by atoms with Crippen LogP contribution in [0.5, 0.6) is 11.5 Å². The van der Waals surface area contributed by atoms with Crippen LogP contribution in [0.1, 0.15) is 19.4 Å². The molecule has 1 aromatic rings. The van der Waals surface area contributed by atoms with Gasteiger partial charge < -0.3 is 14.6 Å². The zero-order valence-electron chi connectivity index (χ0n) is 9.06. The van der Waals surface area contributed by atoms with Crippen LogP contribution in [0.2, 0.25) is 0 Å². The number of allylic oxidation sites excluding steroid dienone is 1. The lowest BCUT2D eigenvalue weighted by molar-refractivity contribution is -0.155. The van der Waals surface area contributed by atoms with E-state index in [1.807, 2.05) is 6.92 Å². The minimum atomic E-state index is -0.716. The van der Waals surface area contributed by atoms with Crippen molar-refractivity contribution in [1.29, 1.82) is 0 Å². The van der Waals surface area contributed by atoms with E-state index in [1.165, 1.54) is 13.0 Å². The standard InChI is InChI=1S/C12H12O4/c1-7-5-12(15-8(2)13)16-11-6-9(14)3-4-10(7)11/h3-6,12,14H,1-2H3. The summed E-state index contributed by atoms with van der Waals surface area (Å²) < 4.78 is 10.4. The molecule has 0 radical (unpaired) electrons. The Kier molecular flexibility index (Phi) is 2.56. The number of phenols is 1. The second-order valence-electron chi connectivity index (χ2n) is 3.63. The van der Waals surface area contributed by atoms with Crippen LogP contribution in [0.25, 0.3) is 5.57 Å². The molecule has 0 aromatic heterocycles. The Balaban J connectivity index is 2.32. The minimum Gasteiger partial charge on any atom is -0.508 e. The lowest BCUT2D eigenvalue weighted by atomic mass is 10.0. The van der Waals surface area contributed by atoms with Crippen molar-refractivity contribution in [3.63, 3.8) is 0 Å². The molecular formula is C12H12O4. The van der Waals surface area contributed by atoms with Crippen LogP contribution >= 0.6 is 0 Å². The average Bonchev–Trinajstić information content (AvgIpc) is 2.15. The van der Waals surface area contributed by atoms with Gasteiger partial charge in [0.1, 0.15) is 11.5 Å². The van der Waals surface area contributed by atoms with E-state index >= 15 is 0 Å². The molecule has 1 aromatic carbocycles. The second kappa shape index (κ2) is 3.89. The molecule has 16 heavy (non-hydrogen) atoms. The second-order valence-corrected chi connectivity index (χ2v) is 3.63. The monoisotopic (exact) mass is 220 g/mol. The molecule has 1 N–H and O–H groups in total. The van der Waals surface area contributed by atoms with E-state index < -0.39 is 12.3 Å². The number of phenolic OH excluding ortho intramolecular Hbond substituents is 1. The Morgan fingerprint density at radius 2 is 2.25 bits per heavy atom. The lowest BCUT2D eigenvalue weighted by Crippen LogP contribution is -2.23. The molecule has 0 saturated carbocycles. The van der Waals surface area contributed by atoms with Crippen LogP contribution in [-0.4, -0.2) is 17.4 Å². The third kappa shape index (κ3) is 2.00. The fourth-order valence-electron chi connectivity index (χ4n) is 1.61. The summed E-state index contributed by atoms with van der Waals surface area (Å²) in [5, 5.41) is 9.34. The van der Waals surface area contributed by atoms with Gasteiger partial charge in [-0.1, -0.05) is 0 Å². The van der Waals surface area contributed by atoms with Gasteiger partial charge in [0.25, 0.3) is 6.29 Å². The van der Waals surface area contributed by atoms with E-state index in [2.05, 4.69) is 0 Å². The molecule has 0 amide bonds. The molecule has 1 heterocycles. The number of aromatic hydroxyl groups is 1. The van der Waals surface area contributed by atoms with E-state index in [-0.39, 0.29) is 5.75 Å². The molecule has 0 fully saturated rings. The summed E-state index contributed by atoms with van der Waals surface area (Å²) in [7, 11) is 0. The van der Waals surface area contributed by atoms with E-state index in [1.54, 1.807) is 18.2 Å². The van der Waals surface area contributed by atoms with Gasteiger partial charge >= 0.3 is 5.97 Å². The van der Waals surface area contributed by atoms with Crippen LogP contribution in [0.4, 0.5) is 0 Å². The molecule has 1 atom stereocenters. The van der Waals surface area contributed by atoms with Crippen molar-refractivity contribution in [1.82, 2.24) is 0 Å². The van der Waals surface area contributed by atoms with Crippen molar-refractivity contribution in [2.24, 2.45) is 0 Å². The zero-order chi connectivity index (χ0) is 11.7. The third-order valence-electron chi connectivity index (χ3n) is 2.30. The van der Waals surface area contributed by atoms with Gasteiger partial charge in [0.2, 0.25) is 0 Å². The first kappa shape index (κ1) is 10.5. The van der Waals surface area contributed by atoms with Crippen LogP contribution in [0, 0.1) is 0 Å². The van der Waals surface area contributed by atoms with Gasteiger partial charge in [-0.3, -0.25) is 4.79 Å². The number of rotatable bonds is 1. The molecule has 0 spiro atoms. The maximum Gasteiger partial charge on any atom is 0.305 e. The number of hydrogen-bond acceptors (Lipinski definition) is 4. The summed E-state index contributed by atoms with van der Waals surface area (Å²) in [6.45, 7) is 3.22. The lowest BCUT2D eigenvalue weighted by Gasteiger charge is -2.23. The van der Waals surface area contributed by atoms with Crippen LogP contribution in [0.3, 0.4) is 0 Å². The topological polar surface area (TPSA) is 55.8 Å². The van der Waals surface area contributed by atoms with Crippen molar-refractivity contribution in [3.8, 4) is 11.5 Å². The van der Waals surface area contributed by atoms with Gasteiger partial charge in [-0.15, -0.1) is 0 Å². The fraction of sp³-hybridized carbons (Fsp3) is 0.250.